The molecule has 2 aromatic rings. The fourth-order valence-electron chi connectivity index (χ4n) is 3.09. The molecule has 3 rings (SSSR count). The lowest BCUT2D eigenvalue weighted by atomic mass is 10.1. The van der Waals surface area contributed by atoms with Crippen LogP contribution in [0.15, 0.2) is 35.2 Å². The lowest BCUT2D eigenvalue weighted by Crippen LogP contribution is -2.22. The molecular weight excluding hydrogens is 412 g/mol. The highest BCUT2D eigenvalue weighted by molar-refractivity contribution is 7.89. The molecule has 1 aromatic heterocycles. The highest BCUT2D eigenvalue weighted by Crippen LogP contribution is 2.29. The van der Waals surface area contributed by atoms with E-state index in [0.29, 0.717) is 10.6 Å². The molecule has 0 atom stereocenters. The normalized spacial score (nSPS) is 14.2. The van der Waals surface area contributed by atoms with E-state index in [2.05, 4.69) is 5.32 Å². The van der Waals surface area contributed by atoms with Gasteiger partial charge in [0.2, 0.25) is 10.0 Å². The smallest absolute Gasteiger partial charge is 0.348 e. The number of carbonyl (C=O) groups excluding carboxylic acids is 2. The summed E-state index contributed by atoms with van der Waals surface area (Å²) in [7, 11) is -0.627. The first-order valence-electron chi connectivity index (χ1n) is 9.38. The number of thiophene rings is 1. The fraction of sp³-hybridized carbons (Fsp3) is 0.400. The second kappa shape index (κ2) is 9.06. The highest BCUT2D eigenvalue weighted by atomic mass is 32.2. The first-order valence-corrected chi connectivity index (χ1v) is 11.6. The summed E-state index contributed by atoms with van der Waals surface area (Å²) in [5, 5.41) is 2.59. The van der Waals surface area contributed by atoms with Crippen molar-refractivity contribution >= 4 is 38.9 Å². The summed E-state index contributed by atoms with van der Waals surface area (Å²) < 4.78 is 30.4. The SMILES string of the molecule is CN(C)S(=O)(=O)c1ccc(NC(=O)COC(=O)c2cc3c(s2)CCCCC3)cc1. The maximum atomic E-state index is 12.3. The zero-order valence-electron chi connectivity index (χ0n) is 16.4. The van der Waals surface area contributed by atoms with Crippen molar-refractivity contribution < 1.29 is 22.7 Å². The third kappa shape index (κ3) is 5.23. The summed E-state index contributed by atoms with van der Waals surface area (Å²) in [4.78, 5) is 26.2. The van der Waals surface area contributed by atoms with Gasteiger partial charge in [0.05, 0.1) is 4.90 Å². The molecule has 0 aliphatic heterocycles. The van der Waals surface area contributed by atoms with E-state index in [0.717, 1.165) is 30.0 Å². The first kappa shape index (κ1) is 21.5. The zero-order valence-corrected chi connectivity index (χ0v) is 18.1. The number of ether oxygens (including phenoxy) is 1. The number of esters is 1. The molecule has 29 heavy (non-hydrogen) atoms. The average Bonchev–Trinajstić information content (AvgIpc) is 2.97. The van der Waals surface area contributed by atoms with Crippen molar-refractivity contribution in [2.45, 2.75) is 37.0 Å². The number of amides is 1. The summed E-state index contributed by atoms with van der Waals surface area (Å²) in [6, 6.07) is 7.69. The Morgan fingerprint density at radius 2 is 1.79 bits per heavy atom. The minimum atomic E-state index is -3.53. The monoisotopic (exact) mass is 436 g/mol. The van der Waals surface area contributed by atoms with Crippen LogP contribution in [0.4, 0.5) is 5.69 Å². The molecule has 0 unspecified atom stereocenters. The van der Waals surface area contributed by atoms with Gasteiger partial charge in [-0.05, 0) is 61.6 Å². The number of nitrogens with zero attached hydrogens (tertiary/aromatic N) is 1. The molecule has 156 valence electrons. The molecule has 0 bridgehead atoms. The number of rotatable bonds is 6. The van der Waals surface area contributed by atoms with Crippen LogP contribution in [0, 0.1) is 0 Å². The molecule has 0 saturated heterocycles. The number of anilines is 1. The van der Waals surface area contributed by atoms with Crippen molar-refractivity contribution in [1.29, 1.82) is 0 Å². The largest absolute Gasteiger partial charge is 0.451 e. The Morgan fingerprint density at radius 1 is 1.10 bits per heavy atom. The molecule has 0 radical (unpaired) electrons. The topological polar surface area (TPSA) is 92.8 Å². The number of benzene rings is 1. The molecule has 0 spiro atoms. The summed E-state index contributed by atoms with van der Waals surface area (Å²) in [6.07, 6.45) is 5.46. The minimum Gasteiger partial charge on any atom is -0.451 e. The Balaban J connectivity index is 1.54. The summed E-state index contributed by atoms with van der Waals surface area (Å²) in [6.45, 7) is -0.404. The van der Waals surface area contributed by atoms with E-state index in [9.17, 15) is 18.0 Å². The summed E-state index contributed by atoms with van der Waals surface area (Å²) >= 11 is 1.45. The van der Waals surface area contributed by atoms with E-state index in [1.807, 2.05) is 6.07 Å². The van der Waals surface area contributed by atoms with E-state index in [4.69, 9.17) is 4.74 Å². The van der Waals surface area contributed by atoms with Gasteiger partial charge in [-0.3, -0.25) is 4.79 Å². The Bertz CT molecular complexity index is 971. The number of hydrogen-bond acceptors (Lipinski definition) is 6. The molecule has 7 nitrogen and oxygen atoms in total. The van der Waals surface area contributed by atoms with Gasteiger partial charge < -0.3 is 10.1 Å². The molecule has 1 N–H and O–H groups in total. The average molecular weight is 437 g/mol. The van der Waals surface area contributed by atoms with Crippen molar-refractivity contribution in [3.63, 3.8) is 0 Å². The molecule has 0 fully saturated rings. The number of carbonyl (C=O) groups is 2. The standard InChI is InChI=1S/C20H24N2O5S2/c1-22(2)29(25,26)16-10-8-15(9-11-16)21-19(23)13-27-20(24)18-12-14-6-4-3-5-7-17(14)28-18/h8-12H,3-7,13H2,1-2H3,(H,21,23). The molecule has 1 aromatic carbocycles. The Morgan fingerprint density at radius 3 is 2.48 bits per heavy atom. The Labute approximate surface area is 174 Å². The van der Waals surface area contributed by atoms with Gasteiger partial charge in [0.15, 0.2) is 6.61 Å². The molecule has 1 amide bonds. The lowest BCUT2D eigenvalue weighted by Gasteiger charge is -2.12. The molecule has 1 aliphatic rings. The predicted molar refractivity (Wildman–Crippen MR) is 112 cm³/mol. The van der Waals surface area contributed by atoms with Crippen molar-refractivity contribution in [1.82, 2.24) is 4.31 Å². The summed E-state index contributed by atoms with van der Waals surface area (Å²) in [5.74, 6) is -0.981. The van der Waals surface area contributed by atoms with E-state index >= 15 is 0 Å². The number of sulfonamides is 1. The Hall–Kier alpha value is -2.23. The van der Waals surface area contributed by atoms with Gasteiger partial charge in [-0.1, -0.05) is 6.42 Å². The van der Waals surface area contributed by atoms with Crippen LogP contribution in [0.1, 0.15) is 39.4 Å². The zero-order chi connectivity index (χ0) is 21.0. The van der Waals surface area contributed by atoms with Gasteiger partial charge in [0.25, 0.3) is 5.91 Å². The number of fused-ring (bicyclic) bond motifs is 1. The molecular formula is C20H24N2O5S2. The van der Waals surface area contributed by atoms with Gasteiger partial charge >= 0.3 is 5.97 Å². The third-order valence-electron chi connectivity index (χ3n) is 4.70. The second-order valence-electron chi connectivity index (χ2n) is 7.06. The van der Waals surface area contributed by atoms with Crippen molar-refractivity contribution in [3.8, 4) is 0 Å². The van der Waals surface area contributed by atoms with Crippen LogP contribution in [0.5, 0.6) is 0 Å². The van der Waals surface area contributed by atoms with Gasteiger partial charge in [0, 0.05) is 24.7 Å². The predicted octanol–water partition coefficient (Wildman–Crippen LogP) is 3.06. The maximum Gasteiger partial charge on any atom is 0.348 e. The highest BCUT2D eigenvalue weighted by Gasteiger charge is 2.19. The van der Waals surface area contributed by atoms with Gasteiger partial charge in [-0.2, -0.15) is 0 Å². The molecule has 0 saturated carbocycles. The summed E-state index contributed by atoms with van der Waals surface area (Å²) in [5.41, 5.74) is 1.64. The van der Waals surface area contributed by atoms with Crippen LogP contribution in [0.2, 0.25) is 0 Å². The number of aryl methyl sites for hydroxylation is 2. The molecule has 1 heterocycles. The van der Waals surface area contributed by atoms with Crippen LogP contribution in [0.25, 0.3) is 0 Å². The van der Waals surface area contributed by atoms with Crippen molar-refractivity contribution in [2.24, 2.45) is 0 Å². The first-order chi connectivity index (χ1) is 13.8. The van der Waals surface area contributed by atoms with Crippen molar-refractivity contribution in [2.75, 3.05) is 26.0 Å². The molecule has 1 aliphatic carbocycles. The van der Waals surface area contributed by atoms with Gasteiger partial charge in [0.1, 0.15) is 4.88 Å². The minimum absolute atomic E-state index is 0.129. The van der Waals surface area contributed by atoms with Crippen LogP contribution < -0.4 is 5.32 Å². The van der Waals surface area contributed by atoms with Crippen LogP contribution in [-0.2, 0) is 32.4 Å². The lowest BCUT2D eigenvalue weighted by molar-refractivity contribution is -0.119. The van der Waals surface area contributed by atoms with Gasteiger partial charge in [-0.25, -0.2) is 17.5 Å². The van der Waals surface area contributed by atoms with Crippen LogP contribution >= 0.6 is 11.3 Å². The Kier molecular flexibility index (Phi) is 6.71. The quantitative estimate of drug-likeness (QED) is 0.555. The van der Waals surface area contributed by atoms with E-state index in [1.54, 1.807) is 0 Å². The van der Waals surface area contributed by atoms with Gasteiger partial charge in [-0.15, -0.1) is 11.3 Å². The van der Waals surface area contributed by atoms with E-state index in [-0.39, 0.29) is 4.90 Å². The van der Waals surface area contributed by atoms with Crippen molar-refractivity contribution in [3.05, 3.63) is 45.6 Å². The number of hydrogen-bond donors (Lipinski definition) is 1. The maximum absolute atomic E-state index is 12.3. The van der Waals surface area contributed by atoms with Crippen LogP contribution in [0.3, 0.4) is 0 Å². The third-order valence-corrected chi connectivity index (χ3v) is 7.75. The van der Waals surface area contributed by atoms with E-state index in [1.165, 1.54) is 66.6 Å². The molecule has 9 heteroatoms. The number of nitrogens with one attached hydrogen (secondary N) is 1. The van der Waals surface area contributed by atoms with Crippen LogP contribution in [-0.4, -0.2) is 45.3 Å². The van der Waals surface area contributed by atoms with E-state index < -0.39 is 28.5 Å². The second-order valence-corrected chi connectivity index (χ2v) is 10.3. The fourth-order valence-corrected chi connectivity index (χ4v) is 5.14.